The summed E-state index contributed by atoms with van der Waals surface area (Å²) in [7, 11) is 1.67. The van der Waals surface area contributed by atoms with Crippen molar-refractivity contribution in [3.63, 3.8) is 0 Å². The third-order valence-electron chi connectivity index (χ3n) is 2.25. The van der Waals surface area contributed by atoms with Crippen LogP contribution in [0.15, 0.2) is 11.1 Å². The monoisotopic (exact) mass is 255 g/mol. The van der Waals surface area contributed by atoms with Crippen LogP contribution in [0.3, 0.4) is 0 Å². The number of nitrogens with zero attached hydrogens (tertiary/aromatic N) is 1. The molecule has 2 rings (SSSR count). The number of aromatic nitrogens is 1. The van der Waals surface area contributed by atoms with Crippen molar-refractivity contribution in [3.05, 3.63) is 17.5 Å². The Hall–Kier alpha value is -0.650. The van der Waals surface area contributed by atoms with Gasteiger partial charge in [-0.1, -0.05) is 24.0 Å². The molecular formula is C11H13NO2S2. The van der Waals surface area contributed by atoms with Crippen LogP contribution in [0.1, 0.15) is 18.2 Å². The predicted molar refractivity (Wildman–Crippen MR) is 68.3 cm³/mol. The smallest absolute Gasteiger partial charge is 0.142 e. The van der Waals surface area contributed by atoms with Gasteiger partial charge in [-0.15, -0.1) is 0 Å². The van der Waals surface area contributed by atoms with Crippen LogP contribution < -0.4 is 4.74 Å². The van der Waals surface area contributed by atoms with Gasteiger partial charge in [0.2, 0.25) is 0 Å². The fourth-order valence-corrected chi connectivity index (χ4v) is 2.98. The van der Waals surface area contributed by atoms with Crippen LogP contribution in [0.25, 0.3) is 0 Å². The molecule has 0 amide bonds. The minimum absolute atomic E-state index is 0.517. The first-order valence-electron chi connectivity index (χ1n) is 5.09. The maximum Gasteiger partial charge on any atom is 0.142 e. The Labute approximate surface area is 105 Å². The maximum absolute atomic E-state index is 5.68. The number of thioether (sulfide) groups is 1. The van der Waals surface area contributed by atoms with Crippen LogP contribution in [-0.4, -0.2) is 22.9 Å². The second-order valence-corrected chi connectivity index (χ2v) is 5.26. The second-order valence-electron chi connectivity index (χ2n) is 3.41. The van der Waals surface area contributed by atoms with E-state index in [0.717, 1.165) is 32.5 Å². The molecule has 0 radical (unpaired) electrons. The van der Waals surface area contributed by atoms with Gasteiger partial charge in [-0.05, 0) is 6.92 Å². The topological polar surface area (TPSA) is 31.4 Å². The normalized spacial score (nSPS) is 14.0. The molecule has 0 spiro atoms. The van der Waals surface area contributed by atoms with Crippen LogP contribution in [0.2, 0.25) is 0 Å². The summed E-state index contributed by atoms with van der Waals surface area (Å²) in [6.07, 6.45) is 2.59. The zero-order chi connectivity index (χ0) is 11.5. The average Bonchev–Trinajstić information content (AvgIpc) is 2.63. The molecule has 1 aliphatic rings. The third-order valence-corrected chi connectivity index (χ3v) is 3.64. The molecule has 0 N–H and O–H groups in total. The van der Waals surface area contributed by atoms with E-state index in [9.17, 15) is 0 Å². The van der Waals surface area contributed by atoms with Crippen LogP contribution >= 0.6 is 24.0 Å². The van der Waals surface area contributed by atoms with Gasteiger partial charge in [0.05, 0.1) is 28.0 Å². The van der Waals surface area contributed by atoms with Crippen molar-refractivity contribution < 1.29 is 9.47 Å². The van der Waals surface area contributed by atoms with Crippen molar-refractivity contribution in [1.82, 2.24) is 4.98 Å². The Morgan fingerprint density at radius 1 is 1.56 bits per heavy atom. The van der Waals surface area contributed by atoms with Crippen molar-refractivity contribution in [2.75, 3.05) is 13.7 Å². The summed E-state index contributed by atoms with van der Waals surface area (Å²) in [6.45, 7) is 3.13. The van der Waals surface area contributed by atoms with Crippen molar-refractivity contribution >= 4 is 28.2 Å². The molecule has 5 heteroatoms. The zero-order valence-corrected chi connectivity index (χ0v) is 10.9. The Bertz CT molecular complexity index is 421. The summed E-state index contributed by atoms with van der Waals surface area (Å²) in [5.74, 6) is 0.888. The molecule has 0 aliphatic carbocycles. The minimum atomic E-state index is 0.517. The van der Waals surface area contributed by atoms with E-state index in [4.69, 9.17) is 21.7 Å². The van der Waals surface area contributed by atoms with Crippen molar-refractivity contribution in [1.29, 1.82) is 0 Å². The van der Waals surface area contributed by atoms with Gasteiger partial charge in [-0.25, -0.2) is 0 Å². The quantitative estimate of drug-likeness (QED) is 0.772. The van der Waals surface area contributed by atoms with E-state index in [1.54, 1.807) is 18.9 Å². The summed E-state index contributed by atoms with van der Waals surface area (Å²) in [4.78, 5) is 5.47. The first kappa shape index (κ1) is 11.8. The third kappa shape index (κ3) is 2.21. The zero-order valence-electron chi connectivity index (χ0n) is 9.28. The lowest BCUT2D eigenvalue weighted by molar-refractivity contribution is 0.179. The summed E-state index contributed by atoms with van der Waals surface area (Å²) in [5.41, 5.74) is 2.01. The number of hydrogen-bond donors (Lipinski definition) is 0. The lowest BCUT2D eigenvalue weighted by atomic mass is 10.2. The van der Waals surface area contributed by atoms with E-state index in [2.05, 4.69) is 4.98 Å². The molecule has 0 bridgehead atoms. The maximum atomic E-state index is 5.68. The Morgan fingerprint density at radius 2 is 2.38 bits per heavy atom. The number of ether oxygens (including phenoxy) is 2. The summed E-state index contributed by atoms with van der Waals surface area (Å²) in [5, 5.41) is 0. The summed E-state index contributed by atoms with van der Waals surface area (Å²) < 4.78 is 11.8. The van der Waals surface area contributed by atoms with Crippen LogP contribution in [-0.2, 0) is 17.8 Å². The fourth-order valence-electron chi connectivity index (χ4n) is 1.63. The van der Waals surface area contributed by atoms with Gasteiger partial charge < -0.3 is 9.47 Å². The number of rotatable bonds is 4. The SMILES string of the molecule is CCOc1c(COC)cnc2c1SC(=S)C2. The highest BCUT2D eigenvalue weighted by Gasteiger charge is 2.24. The minimum Gasteiger partial charge on any atom is -0.492 e. The van der Waals surface area contributed by atoms with E-state index < -0.39 is 0 Å². The Kier molecular flexibility index (Phi) is 3.78. The van der Waals surface area contributed by atoms with E-state index in [-0.39, 0.29) is 0 Å². The van der Waals surface area contributed by atoms with Gasteiger partial charge in [0.1, 0.15) is 5.75 Å². The molecule has 2 heterocycles. The summed E-state index contributed by atoms with van der Waals surface area (Å²) >= 11 is 6.80. The van der Waals surface area contributed by atoms with Crippen molar-refractivity contribution in [3.8, 4) is 5.75 Å². The molecule has 0 saturated carbocycles. The molecule has 1 aromatic heterocycles. The number of hydrogen-bond acceptors (Lipinski definition) is 5. The highest BCUT2D eigenvalue weighted by molar-refractivity contribution is 8.23. The Morgan fingerprint density at radius 3 is 3.06 bits per heavy atom. The molecular weight excluding hydrogens is 242 g/mol. The van der Waals surface area contributed by atoms with Gasteiger partial charge in [0.15, 0.2) is 0 Å². The molecule has 1 aromatic rings. The highest BCUT2D eigenvalue weighted by atomic mass is 32.2. The molecule has 1 aliphatic heterocycles. The van der Waals surface area contributed by atoms with Crippen LogP contribution in [0.4, 0.5) is 0 Å². The molecule has 0 fully saturated rings. The lowest BCUT2D eigenvalue weighted by Gasteiger charge is -2.12. The number of pyridine rings is 1. The molecule has 0 unspecified atom stereocenters. The lowest BCUT2D eigenvalue weighted by Crippen LogP contribution is -2.02. The summed E-state index contributed by atoms with van der Waals surface area (Å²) in [6, 6.07) is 0. The van der Waals surface area contributed by atoms with E-state index in [1.165, 1.54) is 0 Å². The standard InChI is InChI=1S/C11H13NO2S2/c1-3-14-10-7(6-13-2)5-12-8-4-9(15)16-11(8)10/h5H,3-4,6H2,1-2H3. The Balaban J connectivity index is 2.42. The molecule has 86 valence electrons. The average molecular weight is 255 g/mol. The molecule has 3 nitrogen and oxygen atoms in total. The van der Waals surface area contributed by atoms with Gasteiger partial charge in [0.25, 0.3) is 0 Å². The van der Waals surface area contributed by atoms with E-state index in [0.29, 0.717) is 13.2 Å². The van der Waals surface area contributed by atoms with Gasteiger partial charge in [-0.2, -0.15) is 0 Å². The van der Waals surface area contributed by atoms with Crippen molar-refractivity contribution in [2.45, 2.75) is 24.8 Å². The van der Waals surface area contributed by atoms with Gasteiger partial charge in [-0.3, -0.25) is 4.98 Å². The van der Waals surface area contributed by atoms with Crippen LogP contribution in [0.5, 0.6) is 5.75 Å². The van der Waals surface area contributed by atoms with Crippen LogP contribution in [0, 0.1) is 0 Å². The molecule has 0 aromatic carbocycles. The van der Waals surface area contributed by atoms with E-state index in [1.807, 2.05) is 13.1 Å². The first-order valence-corrected chi connectivity index (χ1v) is 6.32. The highest BCUT2D eigenvalue weighted by Crippen LogP contribution is 2.41. The van der Waals surface area contributed by atoms with Gasteiger partial charge >= 0.3 is 0 Å². The molecule has 0 saturated heterocycles. The molecule has 0 atom stereocenters. The first-order chi connectivity index (χ1) is 7.76. The number of methoxy groups -OCH3 is 1. The van der Waals surface area contributed by atoms with Gasteiger partial charge in [0, 0.05) is 25.3 Å². The largest absolute Gasteiger partial charge is 0.492 e. The predicted octanol–water partition coefficient (Wildman–Crippen LogP) is 2.60. The number of thiocarbonyl (C=S) groups is 1. The van der Waals surface area contributed by atoms with Crippen molar-refractivity contribution in [2.24, 2.45) is 0 Å². The fraction of sp³-hybridized carbons (Fsp3) is 0.455. The molecule has 16 heavy (non-hydrogen) atoms. The van der Waals surface area contributed by atoms with E-state index >= 15 is 0 Å². The second kappa shape index (κ2) is 5.12. The number of fused-ring (bicyclic) bond motifs is 1.